The maximum Gasteiger partial charge on any atom is 0.335 e. The van der Waals surface area contributed by atoms with Crippen molar-refractivity contribution in [3.63, 3.8) is 0 Å². The van der Waals surface area contributed by atoms with E-state index in [-0.39, 0.29) is 35.4 Å². The first kappa shape index (κ1) is 17.4. The van der Waals surface area contributed by atoms with E-state index in [0.29, 0.717) is 13.1 Å². The highest BCUT2D eigenvalue weighted by molar-refractivity contribution is 7.89. The molecule has 0 aliphatic carbocycles. The summed E-state index contributed by atoms with van der Waals surface area (Å²) in [5.41, 5.74) is 0.0382. The molecule has 1 heterocycles. The summed E-state index contributed by atoms with van der Waals surface area (Å²) in [6.45, 7) is 4.83. The molecule has 0 spiro atoms. The van der Waals surface area contributed by atoms with Gasteiger partial charge in [-0.05, 0) is 24.3 Å². The number of nitrogens with zero attached hydrogens (tertiary/aromatic N) is 2. The highest BCUT2D eigenvalue weighted by atomic mass is 32.2. The zero-order chi connectivity index (χ0) is 17.2. The second-order valence-electron chi connectivity index (χ2n) is 5.71. The van der Waals surface area contributed by atoms with Gasteiger partial charge in [-0.2, -0.15) is 4.31 Å². The molecule has 0 aromatic heterocycles. The van der Waals surface area contributed by atoms with Gasteiger partial charge in [0.15, 0.2) is 0 Å². The van der Waals surface area contributed by atoms with Crippen LogP contribution < -0.4 is 0 Å². The first-order chi connectivity index (χ1) is 10.7. The lowest BCUT2D eigenvalue weighted by Crippen LogP contribution is -2.51. The highest BCUT2D eigenvalue weighted by Gasteiger charge is 2.30. The van der Waals surface area contributed by atoms with Crippen LogP contribution in [-0.4, -0.2) is 60.8 Å². The molecule has 1 aliphatic rings. The van der Waals surface area contributed by atoms with Crippen LogP contribution >= 0.6 is 0 Å². The van der Waals surface area contributed by atoms with E-state index in [1.54, 1.807) is 4.90 Å². The molecule has 1 saturated heterocycles. The van der Waals surface area contributed by atoms with Gasteiger partial charge in [-0.25, -0.2) is 13.2 Å². The van der Waals surface area contributed by atoms with Gasteiger partial charge in [0.1, 0.15) is 0 Å². The molecular formula is C15H20N2O5S. The lowest BCUT2D eigenvalue weighted by Gasteiger charge is -2.34. The van der Waals surface area contributed by atoms with E-state index in [0.717, 1.165) is 0 Å². The number of carbonyl (C=O) groups excluding carboxylic acids is 1. The number of rotatable bonds is 4. The molecule has 2 rings (SSSR count). The third-order valence-corrected chi connectivity index (χ3v) is 5.70. The first-order valence-corrected chi connectivity index (χ1v) is 8.80. The molecule has 1 N–H and O–H groups in total. The van der Waals surface area contributed by atoms with Crippen LogP contribution in [0.5, 0.6) is 0 Å². The fourth-order valence-electron chi connectivity index (χ4n) is 2.43. The predicted molar refractivity (Wildman–Crippen MR) is 83.6 cm³/mol. The maximum absolute atomic E-state index is 12.6. The molecule has 0 radical (unpaired) electrons. The minimum atomic E-state index is -3.67. The third kappa shape index (κ3) is 3.70. The van der Waals surface area contributed by atoms with Crippen LogP contribution in [0.1, 0.15) is 24.2 Å². The van der Waals surface area contributed by atoms with Crippen LogP contribution in [0.15, 0.2) is 29.2 Å². The number of carboxylic acid groups (broad SMARTS) is 1. The van der Waals surface area contributed by atoms with Crippen molar-refractivity contribution in [3.8, 4) is 0 Å². The van der Waals surface area contributed by atoms with E-state index in [2.05, 4.69) is 0 Å². The molecule has 1 fully saturated rings. The first-order valence-electron chi connectivity index (χ1n) is 7.36. The van der Waals surface area contributed by atoms with E-state index in [4.69, 9.17) is 5.11 Å². The van der Waals surface area contributed by atoms with Crippen molar-refractivity contribution in [2.24, 2.45) is 5.92 Å². The molecule has 0 saturated carbocycles. The number of aromatic carboxylic acids is 1. The van der Waals surface area contributed by atoms with Crippen molar-refractivity contribution in [2.75, 3.05) is 26.2 Å². The van der Waals surface area contributed by atoms with Gasteiger partial charge in [0, 0.05) is 32.1 Å². The van der Waals surface area contributed by atoms with Crippen LogP contribution in [0, 0.1) is 5.92 Å². The fraction of sp³-hybridized carbons (Fsp3) is 0.467. The average Bonchev–Trinajstić information content (AvgIpc) is 2.54. The minimum Gasteiger partial charge on any atom is -0.478 e. The van der Waals surface area contributed by atoms with Crippen LogP contribution in [0.2, 0.25) is 0 Å². The summed E-state index contributed by atoms with van der Waals surface area (Å²) in [6.07, 6.45) is 0. The SMILES string of the molecule is CC(C)C(=O)N1CCN(S(=O)(=O)c2ccc(C(=O)O)cc2)CC1. The molecular weight excluding hydrogens is 320 g/mol. The van der Waals surface area contributed by atoms with Gasteiger partial charge in [-0.1, -0.05) is 13.8 Å². The number of amides is 1. The molecule has 1 aromatic carbocycles. The largest absolute Gasteiger partial charge is 0.478 e. The number of sulfonamides is 1. The number of carboxylic acids is 1. The summed E-state index contributed by atoms with van der Waals surface area (Å²) in [5, 5.41) is 8.86. The lowest BCUT2D eigenvalue weighted by molar-refractivity contribution is -0.135. The standard InChI is InChI=1S/C15H20N2O5S/c1-11(2)14(18)16-7-9-17(10-8-16)23(21,22)13-5-3-12(4-6-13)15(19)20/h3-6,11H,7-10H2,1-2H3,(H,19,20). The maximum atomic E-state index is 12.6. The van der Waals surface area contributed by atoms with Gasteiger partial charge in [0.2, 0.25) is 15.9 Å². The molecule has 0 unspecified atom stereocenters. The van der Waals surface area contributed by atoms with Crippen LogP contribution in [0.4, 0.5) is 0 Å². The van der Waals surface area contributed by atoms with Crippen molar-refractivity contribution in [1.29, 1.82) is 0 Å². The van der Waals surface area contributed by atoms with Crippen molar-refractivity contribution in [1.82, 2.24) is 9.21 Å². The molecule has 0 bridgehead atoms. The third-order valence-electron chi connectivity index (χ3n) is 3.78. The van der Waals surface area contributed by atoms with Crippen LogP contribution in [-0.2, 0) is 14.8 Å². The van der Waals surface area contributed by atoms with Crippen molar-refractivity contribution < 1.29 is 23.1 Å². The Morgan fingerprint density at radius 1 is 1.04 bits per heavy atom. The fourth-order valence-corrected chi connectivity index (χ4v) is 3.85. The molecule has 1 aromatic rings. The van der Waals surface area contributed by atoms with E-state index in [1.165, 1.54) is 28.6 Å². The Hall–Kier alpha value is -1.93. The highest BCUT2D eigenvalue weighted by Crippen LogP contribution is 2.19. The van der Waals surface area contributed by atoms with E-state index >= 15 is 0 Å². The molecule has 1 aliphatic heterocycles. The Bertz CT molecular complexity index is 689. The van der Waals surface area contributed by atoms with Gasteiger partial charge < -0.3 is 10.0 Å². The zero-order valence-electron chi connectivity index (χ0n) is 13.1. The number of benzene rings is 1. The number of piperazine rings is 1. The normalized spacial score (nSPS) is 16.6. The van der Waals surface area contributed by atoms with E-state index in [1.807, 2.05) is 13.8 Å². The lowest BCUT2D eigenvalue weighted by atomic mass is 10.2. The van der Waals surface area contributed by atoms with Crippen LogP contribution in [0.3, 0.4) is 0 Å². The molecule has 8 heteroatoms. The number of carbonyl (C=O) groups is 2. The van der Waals surface area contributed by atoms with E-state index < -0.39 is 16.0 Å². The summed E-state index contributed by atoms with van der Waals surface area (Å²) < 4.78 is 26.4. The van der Waals surface area contributed by atoms with Gasteiger partial charge in [0.25, 0.3) is 0 Å². The smallest absolute Gasteiger partial charge is 0.335 e. The van der Waals surface area contributed by atoms with Gasteiger partial charge in [-0.15, -0.1) is 0 Å². The Kier molecular flexibility index (Phi) is 5.06. The topological polar surface area (TPSA) is 95.0 Å². The van der Waals surface area contributed by atoms with E-state index in [9.17, 15) is 18.0 Å². The molecule has 0 atom stereocenters. The predicted octanol–water partition coefficient (Wildman–Crippen LogP) is 0.874. The Labute approximate surface area is 135 Å². The quantitative estimate of drug-likeness (QED) is 0.878. The Morgan fingerprint density at radius 3 is 2.00 bits per heavy atom. The van der Waals surface area contributed by atoms with Gasteiger partial charge in [0.05, 0.1) is 10.5 Å². The van der Waals surface area contributed by atoms with Crippen molar-refractivity contribution in [2.45, 2.75) is 18.7 Å². The minimum absolute atomic E-state index is 0.0212. The van der Waals surface area contributed by atoms with Crippen molar-refractivity contribution >= 4 is 21.9 Å². The number of hydrogen-bond acceptors (Lipinski definition) is 4. The summed E-state index contributed by atoms with van der Waals surface area (Å²) in [5.74, 6) is -1.19. The Morgan fingerprint density at radius 2 is 1.57 bits per heavy atom. The second kappa shape index (κ2) is 6.67. The average molecular weight is 340 g/mol. The molecule has 126 valence electrons. The number of hydrogen-bond donors (Lipinski definition) is 1. The Balaban J connectivity index is 2.10. The zero-order valence-corrected chi connectivity index (χ0v) is 13.9. The summed E-state index contributed by atoms with van der Waals surface area (Å²) in [4.78, 5) is 24.5. The molecule has 1 amide bonds. The molecule has 7 nitrogen and oxygen atoms in total. The van der Waals surface area contributed by atoms with Gasteiger partial charge in [-0.3, -0.25) is 4.79 Å². The molecule has 23 heavy (non-hydrogen) atoms. The van der Waals surface area contributed by atoms with Gasteiger partial charge >= 0.3 is 5.97 Å². The van der Waals surface area contributed by atoms with Crippen LogP contribution in [0.25, 0.3) is 0 Å². The monoisotopic (exact) mass is 340 g/mol. The summed E-state index contributed by atoms with van der Waals surface area (Å²) in [7, 11) is -3.67. The second-order valence-corrected chi connectivity index (χ2v) is 7.65. The van der Waals surface area contributed by atoms with Crippen molar-refractivity contribution in [3.05, 3.63) is 29.8 Å². The summed E-state index contributed by atoms with van der Waals surface area (Å²) in [6, 6.07) is 5.14. The summed E-state index contributed by atoms with van der Waals surface area (Å²) >= 11 is 0.